The van der Waals surface area contributed by atoms with Crippen molar-refractivity contribution in [3.8, 4) is 0 Å². The summed E-state index contributed by atoms with van der Waals surface area (Å²) in [5, 5.41) is 0. The molecular weight excluding hydrogens is 318 g/mol. The standard InChI is InChI=1S/C15H21N3O4S/c1-5-18(6-2)23(21,22)11-7-8-12-13(9-11)17(4)15(20)10-14(19)16(12)3/h7-9H,5-6,10H2,1-4H3. The first kappa shape index (κ1) is 17.4. The molecule has 0 aliphatic carbocycles. The van der Waals surface area contributed by atoms with Crippen molar-refractivity contribution >= 4 is 33.2 Å². The minimum absolute atomic E-state index is 0.113. The van der Waals surface area contributed by atoms with Crippen LogP contribution in [-0.4, -0.2) is 51.7 Å². The third-order valence-electron chi connectivity index (χ3n) is 4.06. The van der Waals surface area contributed by atoms with Crippen molar-refractivity contribution in [3.63, 3.8) is 0 Å². The van der Waals surface area contributed by atoms with Gasteiger partial charge in [0.15, 0.2) is 0 Å². The Hall–Kier alpha value is -1.93. The number of hydrogen-bond donors (Lipinski definition) is 0. The van der Waals surface area contributed by atoms with Gasteiger partial charge in [0.25, 0.3) is 0 Å². The number of carbonyl (C=O) groups excluding carboxylic acids is 2. The highest BCUT2D eigenvalue weighted by Gasteiger charge is 2.30. The molecule has 2 rings (SSSR count). The second-order valence-corrected chi connectivity index (χ2v) is 7.26. The number of rotatable bonds is 4. The molecule has 23 heavy (non-hydrogen) atoms. The summed E-state index contributed by atoms with van der Waals surface area (Å²) < 4.78 is 26.6. The SMILES string of the molecule is CCN(CC)S(=O)(=O)c1ccc2c(c1)N(C)C(=O)CC(=O)N2C. The molecule has 0 saturated carbocycles. The summed E-state index contributed by atoms with van der Waals surface area (Å²) >= 11 is 0. The smallest absolute Gasteiger partial charge is 0.243 e. The Morgan fingerprint density at radius 2 is 1.52 bits per heavy atom. The first-order valence-corrected chi connectivity index (χ1v) is 8.85. The van der Waals surface area contributed by atoms with Gasteiger partial charge in [0.1, 0.15) is 6.42 Å². The second kappa shape index (κ2) is 6.29. The molecule has 8 heteroatoms. The molecule has 0 radical (unpaired) electrons. The third kappa shape index (κ3) is 2.96. The summed E-state index contributed by atoms with van der Waals surface area (Å²) in [4.78, 5) is 26.9. The van der Waals surface area contributed by atoms with E-state index in [0.717, 1.165) is 0 Å². The number of benzene rings is 1. The second-order valence-electron chi connectivity index (χ2n) is 5.32. The molecule has 1 aliphatic rings. The average Bonchev–Trinajstić information content (AvgIpc) is 2.60. The predicted octanol–water partition coefficient (Wildman–Crippen LogP) is 1.05. The van der Waals surface area contributed by atoms with E-state index in [1.165, 1.54) is 26.2 Å². The molecule has 2 amide bonds. The van der Waals surface area contributed by atoms with Crippen molar-refractivity contribution < 1.29 is 18.0 Å². The van der Waals surface area contributed by atoms with Gasteiger partial charge >= 0.3 is 0 Å². The zero-order chi connectivity index (χ0) is 17.4. The van der Waals surface area contributed by atoms with E-state index >= 15 is 0 Å². The Morgan fingerprint density at radius 3 is 2.04 bits per heavy atom. The fourth-order valence-corrected chi connectivity index (χ4v) is 4.04. The number of nitrogens with zero attached hydrogens (tertiary/aromatic N) is 3. The molecule has 1 aromatic rings. The highest BCUT2D eigenvalue weighted by atomic mass is 32.2. The van der Waals surface area contributed by atoms with Gasteiger partial charge in [0.2, 0.25) is 21.8 Å². The van der Waals surface area contributed by atoms with Gasteiger partial charge in [0.05, 0.1) is 16.3 Å². The van der Waals surface area contributed by atoms with Crippen LogP contribution < -0.4 is 9.80 Å². The summed E-state index contributed by atoms with van der Waals surface area (Å²) in [6.07, 6.45) is -0.236. The maximum Gasteiger partial charge on any atom is 0.243 e. The van der Waals surface area contributed by atoms with Crippen molar-refractivity contribution in [2.75, 3.05) is 37.0 Å². The van der Waals surface area contributed by atoms with Gasteiger partial charge in [-0.15, -0.1) is 0 Å². The van der Waals surface area contributed by atoms with Crippen LogP contribution in [0.15, 0.2) is 23.1 Å². The van der Waals surface area contributed by atoms with Crippen LogP contribution in [0.5, 0.6) is 0 Å². The Labute approximate surface area is 136 Å². The first-order chi connectivity index (χ1) is 10.7. The molecule has 0 fully saturated rings. The molecule has 0 unspecified atom stereocenters. The zero-order valence-corrected chi connectivity index (χ0v) is 14.6. The van der Waals surface area contributed by atoms with Crippen LogP contribution in [0.3, 0.4) is 0 Å². The van der Waals surface area contributed by atoms with Gasteiger partial charge in [-0.25, -0.2) is 8.42 Å². The molecule has 0 N–H and O–H groups in total. The Bertz CT molecular complexity index is 741. The largest absolute Gasteiger partial charge is 0.313 e. The van der Waals surface area contributed by atoms with Crippen molar-refractivity contribution in [2.24, 2.45) is 0 Å². The Morgan fingerprint density at radius 1 is 1.00 bits per heavy atom. The summed E-state index contributed by atoms with van der Waals surface area (Å²) in [6.45, 7) is 4.27. The molecule has 0 saturated heterocycles. The molecule has 7 nitrogen and oxygen atoms in total. The van der Waals surface area contributed by atoms with Gasteiger partial charge in [-0.2, -0.15) is 4.31 Å². The van der Waals surface area contributed by atoms with Crippen LogP contribution in [0, 0.1) is 0 Å². The fourth-order valence-electron chi connectivity index (χ4n) is 2.56. The molecule has 0 spiro atoms. The summed E-state index contributed by atoms with van der Waals surface area (Å²) in [5.41, 5.74) is 0.929. The van der Waals surface area contributed by atoms with Crippen molar-refractivity contribution in [1.82, 2.24) is 4.31 Å². The van der Waals surface area contributed by atoms with Crippen LogP contribution in [0.4, 0.5) is 11.4 Å². The van der Waals surface area contributed by atoms with E-state index < -0.39 is 10.0 Å². The van der Waals surface area contributed by atoms with Crippen LogP contribution in [-0.2, 0) is 19.6 Å². The minimum atomic E-state index is -3.63. The van der Waals surface area contributed by atoms with Crippen LogP contribution >= 0.6 is 0 Å². The monoisotopic (exact) mass is 339 g/mol. The van der Waals surface area contributed by atoms with Gasteiger partial charge in [-0.3, -0.25) is 9.59 Å². The van der Waals surface area contributed by atoms with Gasteiger partial charge in [-0.1, -0.05) is 13.8 Å². The summed E-state index contributed by atoms with van der Waals surface area (Å²) in [5.74, 6) is -0.682. The maximum absolute atomic E-state index is 12.6. The molecule has 0 aromatic heterocycles. The van der Waals surface area contributed by atoms with E-state index in [4.69, 9.17) is 0 Å². The van der Waals surface area contributed by atoms with Crippen molar-refractivity contribution in [1.29, 1.82) is 0 Å². The summed E-state index contributed by atoms with van der Waals surface area (Å²) in [7, 11) is -0.508. The number of fused-ring (bicyclic) bond motifs is 1. The number of anilines is 2. The Balaban J connectivity index is 2.60. The molecule has 1 aromatic carbocycles. The zero-order valence-electron chi connectivity index (χ0n) is 13.7. The third-order valence-corrected chi connectivity index (χ3v) is 6.11. The molecule has 1 heterocycles. The lowest BCUT2D eigenvalue weighted by molar-refractivity contribution is -0.125. The predicted molar refractivity (Wildman–Crippen MR) is 88.0 cm³/mol. The number of sulfonamides is 1. The Kier molecular flexibility index (Phi) is 4.76. The molecule has 0 atom stereocenters. The number of carbonyl (C=O) groups is 2. The van der Waals surface area contributed by atoms with E-state index in [2.05, 4.69) is 0 Å². The average molecular weight is 339 g/mol. The van der Waals surface area contributed by atoms with Gasteiger partial charge < -0.3 is 9.80 Å². The highest BCUT2D eigenvalue weighted by Crippen LogP contribution is 2.34. The van der Waals surface area contributed by atoms with E-state index in [1.54, 1.807) is 34.0 Å². The van der Waals surface area contributed by atoms with Gasteiger partial charge in [0, 0.05) is 27.2 Å². The van der Waals surface area contributed by atoms with Crippen LogP contribution in [0.2, 0.25) is 0 Å². The van der Waals surface area contributed by atoms with Crippen LogP contribution in [0.25, 0.3) is 0 Å². The molecule has 126 valence electrons. The van der Waals surface area contributed by atoms with Crippen LogP contribution in [0.1, 0.15) is 20.3 Å². The summed E-state index contributed by atoms with van der Waals surface area (Å²) in [6, 6.07) is 4.49. The van der Waals surface area contributed by atoms with E-state index in [0.29, 0.717) is 24.5 Å². The normalized spacial score (nSPS) is 15.9. The number of hydrogen-bond acceptors (Lipinski definition) is 4. The van der Waals surface area contributed by atoms with Crippen molar-refractivity contribution in [2.45, 2.75) is 25.2 Å². The quantitative estimate of drug-likeness (QED) is 0.768. The van der Waals surface area contributed by atoms with E-state index in [-0.39, 0.29) is 23.1 Å². The minimum Gasteiger partial charge on any atom is -0.313 e. The lowest BCUT2D eigenvalue weighted by Gasteiger charge is -2.23. The molecule has 0 bridgehead atoms. The van der Waals surface area contributed by atoms with E-state index in [9.17, 15) is 18.0 Å². The van der Waals surface area contributed by atoms with E-state index in [1.807, 2.05) is 0 Å². The first-order valence-electron chi connectivity index (χ1n) is 7.41. The lowest BCUT2D eigenvalue weighted by atomic mass is 10.2. The molecular formula is C15H21N3O4S. The topological polar surface area (TPSA) is 78.0 Å². The molecule has 1 aliphatic heterocycles. The number of amides is 2. The highest BCUT2D eigenvalue weighted by molar-refractivity contribution is 7.89. The maximum atomic E-state index is 12.6. The van der Waals surface area contributed by atoms with Gasteiger partial charge in [-0.05, 0) is 18.2 Å². The lowest BCUT2D eigenvalue weighted by Crippen LogP contribution is -2.31. The van der Waals surface area contributed by atoms with Crippen molar-refractivity contribution in [3.05, 3.63) is 18.2 Å². The fraction of sp³-hybridized carbons (Fsp3) is 0.467.